The average molecular weight is 263 g/mol. The lowest BCUT2D eigenvalue weighted by atomic mass is 9.71. The Bertz CT molecular complexity index is 413. The number of hydrogen-bond acceptors (Lipinski definition) is 3. The molecule has 1 aliphatic rings. The van der Waals surface area contributed by atoms with Crippen LogP contribution in [-0.4, -0.2) is 28.7 Å². The van der Waals surface area contributed by atoms with E-state index in [0.29, 0.717) is 12.2 Å². The molecule has 1 fully saturated rings. The van der Waals surface area contributed by atoms with Crippen LogP contribution in [0.15, 0.2) is 12.4 Å². The van der Waals surface area contributed by atoms with Crippen LogP contribution in [0.5, 0.6) is 0 Å². The molecule has 0 aromatic carbocycles. The van der Waals surface area contributed by atoms with E-state index < -0.39 is 0 Å². The second-order valence-corrected chi connectivity index (χ2v) is 5.58. The molecule has 4 nitrogen and oxygen atoms in total. The Kier molecular flexibility index (Phi) is 4.75. The predicted molar refractivity (Wildman–Crippen MR) is 76.1 cm³/mol. The number of ketones is 1. The monoisotopic (exact) mass is 263 g/mol. The molecule has 0 aliphatic carbocycles. The number of carbonyl (C=O) groups excluding carboxylic acids is 1. The van der Waals surface area contributed by atoms with Crippen molar-refractivity contribution in [3.63, 3.8) is 0 Å². The van der Waals surface area contributed by atoms with E-state index in [9.17, 15) is 4.79 Å². The van der Waals surface area contributed by atoms with Gasteiger partial charge in [-0.2, -0.15) is 5.10 Å². The third-order valence-corrected chi connectivity index (χ3v) is 4.26. The van der Waals surface area contributed by atoms with E-state index in [1.807, 2.05) is 17.1 Å². The average Bonchev–Trinajstić information content (AvgIpc) is 2.88. The van der Waals surface area contributed by atoms with Gasteiger partial charge in [-0.25, -0.2) is 0 Å². The highest BCUT2D eigenvalue weighted by molar-refractivity contribution is 5.86. The van der Waals surface area contributed by atoms with Crippen molar-refractivity contribution in [2.24, 2.45) is 5.41 Å². The van der Waals surface area contributed by atoms with Crippen molar-refractivity contribution in [2.75, 3.05) is 13.1 Å². The normalized spacial score (nSPS) is 18.4. The molecule has 1 N–H and O–H groups in total. The minimum atomic E-state index is -0.0890. The van der Waals surface area contributed by atoms with Crippen LogP contribution < -0.4 is 5.32 Å². The van der Waals surface area contributed by atoms with Crippen LogP contribution in [0, 0.1) is 5.41 Å². The van der Waals surface area contributed by atoms with Gasteiger partial charge in [0, 0.05) is 24.6 Å². The lowest BCUT2D eigenvalue weighted by Gasteiger charge is -2.36. The highest BCUT2D eigenvalue weighted by atomic mass is 16.1. The summed E-state index contributed by atoms with van der Waals surface area (Å²) < 4.78 is 1.89. The van der Waals surface area contributed by atoms with Crippen LogP contribution in [0.2, 0.25) is 0 Å². The zero-order valence-corrected chi connectivity index (χ0v) is 12.1. The molecule has 0 radical (unpaired) electrons. The molecule has 0 amide bonds. The molecule has 0 saturated carbocycles. The number of rotatable bonds is 6. The topological polar surface area (TPSA) is 46.9 Å². The van der Waals surface area contributed by atoms with Crippen LogP contribution in [0.25, 0.3) is 0 Å². The van der Waals surface area contributed by atoms with Gasteiger partial charge in [-0.05, 0) is 44.8 Å². The summed E-state index contributed by atoms with van der Waals surface area (Å²) in [5, 5.41) is 7.61. The van der Waals surface area contributed by atoms with Gasteiger partial charge in [0.05, 0.1) is 6.20 Å². The molecule has 1 aliphatic heterocycles. The largest absolute Gasteiger partial charge is 0.317 e. The smallest absolute Gasteiger partial charge is 0.143 e. The number of nitrogens with one attached hydrogen (secondary N) is 1. The van der Waals surface area contributed by atoms with E-state index in [2.05, 4.69) is 24.3 Å². The maximum absolute atomic E-state index is 12.7. The first-order valence-electron chi connectivity index (χ1n) is 7.45. The van der Waals surface area contributed by atoms with Gasteiger partial charge in [-0.1, -0.05) is 13.3 Å². The lowest BCUT2D eigenvalue weighted by Crippen LogP contribution is -2.42. The Morgan fingerprint density at radius 2 is 2.16 bits per heavy atom. The van der Waals surface area contributed by atoms with E-state index >= 15 is 0 Å². The van der Waals surface area contributed by atoms with Crippen LogP contribution in [0.3, 0.4) is 0 Å². The van der Waals surface area contributed by atoms with Crippen molar-refractivity contribution >= 4 is 5.78 Å². The van der Waals surface area contributed by atoms with Crippen LogP contribution >= 0.6 is 0 Å². The summed E-state index contributed by atoms with van der Waals surface area (Å²) >= 11 is 0. The second-order valence-electron chi connectivity index (χ2n) is 5.58. The molecule has 4 heteroatoms. The summed E-state index contributed by atoms with van der Waals surface area (Å²) in [6.45, 7) is 7.04. The highest BCUT2D eigenvalue weighted by Crippen LogP contribution is 2.36. The van der Waals surface area contributed by atoms with Gasteiger partial charge < -0.3 is 5.32 Å². The van der Waals surface area contributed by atoms with Gasteiger partial charge in [0.2, 0.25) is 0 Å². The second kappa shape index (κ2) is 6.33. The molecule has 1 saturated heterocycles. The summed E-state index contributed by atoms with van der Waals surface area (Å²) in [4.78, 5) is 12.7. The SMILES string of the molecule is CCCC1(C(=O)Cc2cnn(CC)c2)CCNCC1. The molecular formula is C15H25N3O. The van der Waals surface area contributed by atoms with Crippen molar-refractivity contribution in [1.29, 1.82) is 0 Å². The molecule has 106 valence electrons. The quantitative estimate of drug-likeness (QED) is 0.855. The van der Waals surface area contributed by atoms with E-state index in [4.69, 9.17) is 0 Å². The van der Waals surface area contributed by atoms with E-state index in [1.165, 1.54) is 0 Å². The first-order valence-corrected chi connectivity index (χ1v) is 7.45. The van der Waals surface area contributed by atoms with Crippen molar-refractivity contribution in [2.45, 2.75) is 52.5 Å². The molecule has 0 unspecified atom stereocenters. The molecule has 2 rings (SSSR count). The third kappa shape index (κ3) is 3.24. The van der Waals surface area contributed by atoms with E-state index in [1.54, 1.807) is 0 Å². The number of nitrogens with zero attached hydrogens (tertiary/aromatic N) is 2. The molecular weight excluding hydrogens is 238 g/mol. The number of hydrogen-bond donors (Lipinski definition) is 1. The van der Waals surface area contributed by atoms with Crippen molar-refractivity contribution in [1.82, 2.24) is 15.1 Å². The molecule has 1 aromatic rings. The zero-order chi connectivity index (χ0) is 13.7. The summed E-state index contributed by atoms with van der Waals surface area (Å²) in [6.07, 6.45) is 8.46. The highest BCUT2D eigenvalue weighted by Gasteiger charge is 2.37. The lowest BCUT2D eigenvalue weighted by molar-refractivity contribution is -0.130. The summed E-state index contributed by atoms with van der Waals surface area (Å²) in [5.41, 5.74) is 0.967. The Balaban J connectivity index is 2.06. The number of aromatic nitrogens is 2. The fraction of sp³-hybridized carbons (Fsp3) is 0.733. The number of piperidine rings is 1. The van der Waals surface area contributed by atoms with Gasteiger partial charge in [-0.15, -0.1) is 0 Å². The van der Waals surface area contributed by atoms with E-state index in [0.717, 1.165) is 50.9 Å². The first kappa shape index (κ1) is 14.3. The summed E-state index contributed by atoms with van der Waals surface area (Å²) in [5.74, 6) is 0.409. The van der Waals surface area contributed by atoms with Crippen molar-refractivity contribution < 1.29 is 4.79 Å². The minimum absolute atomic E-state index is 0.0890. The Morgan fingerprint density at radius 1 is 1.42 bits per heavy atom. The fourth-order valence-electron chi connectivity index (χ4n) is 3.10. The summed E-state index contributed by atoms with van der Waals surface area (Å²) in [7, 11) is 0. The zero-order valence-electron chi connectivity index (χ0n) is 12.1. The third-order valence-electron chi connectivity index (χ3n) is 4.26. The Morgan fingerprint density at radius 3 is 2.74 bits per heavy atom. The van der Waals surface area contributed by atoms with Gasteiger partial charge in [0.15, 0.2) is 0 Å². The van der Waals surface area contributed by atoms with Crippen molar-refractivity contribution in [3.05, 3.63) is 18.0 Å². The van der Waals surface area contributed by atoms with Crippen LogP contribution in [0.4, 0.5) is 0 Å². The maximum Gasteiger partial charge on any atom is 0.143 e. The van der Waals surface area contributed by atoms with Crippen molar-refractivity contribution in [3.8, 4) is 0 Å². The molecule has 0 atom stereocenters. The van der Waals surface area contributed by atoms with Gasteiger partial charge in [-0.3, -0.25) is 9.48 Å². The first-order chi connectivity index (χ1) is 9.20. The van der Waals surface area contributed by atoms with Gasteiger partial charge in [0.25, 0.3) is 0 Å². The Labute approximate surface area is 115 Å². The van der Waals surface area contributed by atoms with Gasteiger partial charge >= 0.3 is 0 Å². The van der Waals surface area contributed by atoms with Crippen LogP contribution in [-0.2, 0) is 17.8 Å². The molecule has 2 heterocycles. The van der Waals surface area contributed by atoms with E-state index in [-0.39, 0.29) is 5.41 Å². The Hall–Kier alpha value is -1.16. The fourth-order valence-corrected chi connectivity index (χ4v) is 3.10. The van der Waals surface area contributed by atoms with Gasteiger partial charge in [0.1, 0.15) is 5.78 Å². The number of Topliss-reactive ketones (excluding diaryl/α,β-unsaturated/α-hetero) is 1. The predicted octanol–water partition coefficient (Wildman–Crippen LogP) is 2.18. The van der Waals surface area contributed by atoms with Crippen LogP contribution in [0.1, 0.15) is 45.1 Å². The molecule has 0 spiro atoms. The molecule has 19 heavy (non-hydrogen) atoms. The maximum atomic E-state index is 12.7. The number of carbonyl (C=O) groups is 1. The standard InChI is InChI=1S/C15H25N3O/c1-3-5-15(6-8-16-9-7-15)14(19)10-13-11-17-18(4-2)12-13/h11-12,16H,3-10H2,1-2H3. The number of aryl methyl sites for hydroxylation is 1. The minimum Gasteiger partial charge on any atom is -0.317 e. The molecule has 0 bridgehead atoms. The molecule has 1 aromatic heterocycles. The summed E-state index contributed by atoms with van der Waals surface area (Å²) in [6, 6.07) is 0.